The van der Waals surface area contributed by atoms with Crippen molar-refractivity contribution in [2.45, 2.75) is 64.7 Å². The minimum atomic E-state index is 0.943. The summed E-state index contributed by atoms with van der Waals surface area (Å²) >= 11 is 0. The van der Waals surface area contributed by atoms with E-state index >= 15 is 0 Å². The zero-order chi connectivity index (χ0) is 10.2. The second-order valence-corrected chi connectivity index (χ2v) is 4.79. The van der Waals surface area contributed by atoms with Crippen molar-refractivity contribution in [3.63, 3.8) is 0 Å². The monoisotopic (exact) mass is 194 g/mol. The Labute approximate surface area is 90.5 Å². The van der Waals surface area contributed by atoms with Crippen molar-refractivity contribution >= 4 is 0 Å². The first-order valence-corrected chi connectivity index (χ1v) is 6.49. The summed E-state index contributed by atoms with van der Waals surface area (Å²) in [6.45, 7) is 6.27. The van der Waals surface area contributed by atoms with Crippen molar-refractivity contribution in [2.75, 3.05) is 0 Å². The summed E-state index contributed by atoms with van der Waals surface area (Å²) in [5.74, 6) is 1.91. The van der Waals surface area contributed by atoms with Gasteiger partial charge in [-0.15, -0.1) is 0 Å². The number of hydrogen-bond acceptors (Lipinski definition) is 0. The fraction of sp³-hybridized carbons (Fsp3) is 0.857. The van der Waals surface area contributed by atoms with Crippen molar-refractivity contribution in [1.29, 1.82) is 0 Å². The van der Waals surface area contributed by atoms with E-state index in [2.05, 4.69) is 20.3 Å². The molecule has 0 aromatic carbocycles. The van der Waals surface area contributed by atoms with Gasteiger partial charge in [0.15, 0.2) is 0 Å². The van der Waals surface area contributed by atoms with E-state index in [1.54, 1.807) is 0 Å². The van der Waals surface area contributed by atoms with Crippen LogP contribution in [0.25, 0.3) is 0 Å². The maximum atomic E-state index is 3.93. The van der Waals surface area contributed by atoms with E-state index in [0.29, 0.717) is 0 Å². The van der Waals surface area contributed by atoms with Gasteiger partial charge in [0.05, 0.1) is 0 Å². The molecule has 0 spiro atoms. The van der Waals surface area contributed by atoms with Crippen LogP contribution >= 0.6 is 0 Å². The van der Waals surface area contributed by atoms with Crippen LogP contribution in [0.1, 0.15) is 64.7 Å². The molecule has 0 aromatic rings. The summed E-state index contributed by atoms with van der Waals surface area (Å²) in [6.07, 6.45) is 15.0. The molecule has 1 fully saturated rings. The Morgan fingerprint density at radius 1 is 1.43 bits per heavy atom. The zero-order valence-electron chi connectivity index (χ0n) is 9.80. The molecule has 0 aliphatic heterocycles. The molecular formula is C14H26. The lowest BCUT2D eigenvalue weighted by Gasteiger charge is -2.25. The van der Waals surface area contributed by atoms with Gasteiger partial charge >= 0.3 is 0 Å². The fourth-order valence-electron chi connectivity index (χ4n) is 2.59. The third-order valence-corrected chi connectivity index (χ3v) is 3.60. The second kappa shape index (κ2) is 7.31. The number of rotatable bonds is 6. The minimum Gasteiger partial charge on any atom is -0.0651 e. The molecule has 82 valence electrons. The highest BCUT2D eigenvalue weighted by Gasteiger charge is 2.17. The van der Waals surface area contributed by atoms with Crippen LogP contribution in [-0.2, 0) is 0 Å². The van der Waals surface area contributed by atoms with Gasteiger partial charge in [-0.3, -0.25) is 0 Å². The molecule has 0 saturated heterocycles. The predicted octanol–water partition coefficient (Wildman–Crippen LogP) is 4.80. The number of hydrogen-bond donors (Lipinski definition) is 0. The topological polar surface area (TPSA) is 0 Å². The van der Waals surface area contributed by atoms with Crippen molar-refractivity contribution in [3.8, 4) is 0 Å². The molecule has 1 rings (SSSR count). The highest BCUT2D eigenvalue weighted by molar-refractivity contribution is 4.82. The Balaban J connectivity index is 2.16. The molecule has 2 unspecified atom stereocenters. The van der Waals surface area contributed by atoms with Gasteiger partial charge in [-0.25, -0.2) is 0 Å². The summed E-state index contributed by atoms with van der Waals surface area (Å²) in [4.78, 5) is 0. The van der Waals surface area contributed by atoms with Gasteiger partial charge in [0.2, 0.25) is 0 Å². The third-order valence-electron chi connectivity index (χ3n) is 3.60. The molecule has 1 aliphatic carbocycles. The largest absolute Gasteiger partial charge is 0.0651 e. The lowest BCUT2D eigenvalue weighted by molar-refractivity contribution is 0.321. The lowest BCUT2D eigenvalue weighted by atomic mass is 9.80. The van der Waals surface area contributed by atoms with Crippen molar-refractivity contribution in [1.82, 2.24) is 0 Å². The van der Waals surface area contributed by atoms with Crippen LogP contribution < -0.4 is 0 Å². The summed E-state index contributed by atoms with van der Waals surface area (Å²) in [5.41, 5.74) is 0. The second-order valence-electron chi connectivity index (χ2n) is 4.79. The maximum Gasteiger partial charge on any atom is -0.0355 e. The molecule has 0 nitrogen and oxygen atoms in total. The molecule has 2 radical (unpaired) electrons. The average molecular weight is 194 g/mol. The van der Waals surface area contributed by atoms with Crippen LogP contribution in [-0.4, -0.2) is 0 Å². The normalized spacial score (nSPS) is 21.0. The summed E-state index contributed by atoms with van der Waals surface area (Å²) < 4.78 is 0. The van der Waals surface area contributed by atoms with Crippen LogP contribution in [0.5, 0.6) is 0 Å². The molecule has 0 heterocycles. The SMILES string of the molecule is [CH2]CCCC(CC)CC1[CH]CCCC1. The average Bonchev–Trinajstić information content (AvgIpc) is 2.25. The standard InChI is InChI=1S/C14H26/c1-3-5-9-13(4-2)12-14-10-7-6-8-11-14/h10,13-14H,1,3-9,11-12H2,2H3. The van der Waals surface area contributed by atoms with Crippen molar-refractivity contribution in [3.05, 3.63) is 13.3 Å². The lowest BCUT2D eigenvalue weighted by Crippen LogP contribution is -2.12. The van der Waals surface area contributed by atoms with E-state index in [0.717, 1.165) is 18.3 Å². The molecular weight excluding hydrogens is 168 g/mol. The van der Waals surface area contributed by atoms with Crippen LogP contribution in [0.2, 0.25) is 0 Å². The quantitative estimate of drug-likeness (QED) is 0.569. The zero-order valence-corrected chi connectivity index (χ0v) is 9.80. The Morgan fingerprint density at radius 2 is 2.29 bits per heavy atom. The van der Waals surface area contributed by atoms with E-state index in [4.69, 9.17) is 0 Å². The van der Waals surface area contributed by atoms with E-state index in [1.165, 1.54) is 51.4 Å². The first-order chi connectivity index (χ1) is 6.86. The van der Waals surface area contributed by atoms with Gasteiger partial charge in [-0.2, -0.15) is 0 Å². The summed E-state index contributed by atoms with van der Waals surface area (Å²) in [6, 6.07) is 0. The minimum absolute atomic E-state index is 0.943. The van der Waals surface area contributed by atoms with Crippen LogP contribution in [0, 0.1) is 25.2 Å². The Hall–Kier alpha value is 0. The summed E-state index contributed by atoms with van der Waals surface area (Å²) in [5, 5.41) is 0. The molecule has 0 N–H and O–H groups in total. The number of unbranched alkanes of at least 4 members (excludes halogenated alkanes) is 1. The maximum absolute atomic E-state index is 3.93. The molecule has 1 aliphatic rings. The van der Waals surface area contributed by atoms with E-state index in [1.807, 2.05) is 0 Å². The highest BCUT2D eigenvalue weighted by Crippen LogP contribution is 2.31. The molecule has 0 bridgehead atoms. The van der Waals surface area contributed by atoms with Crippen molar-refractivity contribution in [2.24, 2.45) is 11.8 Å². The summed E-state index contributed by atoms with van der Waals surface area (Å²) in [7, 11) is 0. The van der Waals surface area contributed by atoms with Gasteiger partial charge in [-0.1, -0.05) is 58.8 Å². The third kappa shape index (κ3) is 4.48. The molecule has 2 atom stereocenters. The Kier molecular flexibility index (Phi) is 6.31. The molecule has 0 heteroatoms. The van der Waals surface area contributed by atoms with E-state index in [9.17, 15) is 0 Å². The predicted molar refractivity (Wildman–Crippen MR) is 63.9 cm³/mol. The van der Waals surface area contributed by atoms with Gasteiger partial charge in [0, 0.05) is 0 Å². The fourth-order valence-corrected chi connectivity index (χ4v) is 2.59. The van der Waals surface area contributed by atoms with Gasteiger partial charge < -0.3 is 0 Å². The smallest absolute Gasteiger partial charge is 0.0355 e. The molecule has 0 aromatic heterocycles. The van der Waals surface area contributed by atoms with Crippen LogP contribution in [0.3, 0.4) is 0 Å². The van der Waals surface area contributed by atoms with Gasteiger partial charge in [0.25, 0.3) is 0 Å². The van der Waals surface area contributed by atoms with Crippen LogP contribution in [0.4, 0.5) is 0 Å². The van der Waals surface area contributed by atoms with Crippen LogP contribution in [0.15, 0.2) is 0 Å². The highest BCUT2D eigenvalue weighted by atomic mass is 14.2. The molecule has 14 heavy (non-hydrogen) atoms. The first-order valence-electron chi connectivity index (χ1n) is 6.49. The Morgan fingerprint density at radius 3 is 2.86 bits per heavy atom. The molecule has 1 saturated carbocycles. The van der Waals surface area contributed by atoms with E-state index < -0.39 is 0 Å². The van der Waals surface area contributed by atoms with Crippen molar-refractivity contribution < 1.29 is 0 Å². The first kappa shape index (κ1) is 12.1. The Bertz CT molecular complexity index is 122. The molecule has 0 amide bonds. The van der Waals surface area contributed by atoms with E-state index in [-0.39, 0.29) is 0 Å². The van der Waals surface area contributed by atoms with Gasteiger partial charge in [0.1, 0.15) is 0 Å². The van der Waals surface area contributed by atoms with Gasteiger partial charge in [-0.05, 0) is 31.1 Å².